The molecule has 0 amide bonds. The van der Waals surface area contributed by atoms with Crippen LogP contribution in [0, 0.1) is 0 Å². The summed E-state index contributed by atoms with van der Waals surface area (Å²) in [6, 6.07) is 9.33. The molecular formula is C19H28N4. The second kappa shape index (κ2) is 6.46. The standard InChI is InChI=1S/C19H28N4/c1-19(2,3)16-7-5-15(6-8-16)17(18-21-11-12-22(18)4)23-13-9-20-10-14-23/h5-8,11-12,17,20H,9-10,13-14H2,1-4H3. The summed E-state index contributed by atoms with van der Waals surface area (Å²) >= 11 is 0. The van der Waals surface area contributed by atoms with Crippen LogP contribution in [0.1, 0.15) is 43.8 Å². The Bertz CT molecular complexity index is 630. The number of piperazine rings is 1. The quantitative estimate of drug-likeness (QED) is 0.946. The van der Waals surface area contributed by atoms with Crippen molar-refractivity contribution in [1.82, 2.24) is 19.8 Å². The van der Waals surface area contributed by atoms with Gasteiger partial charge in [-0.15, -0.1) is 0 Å². The highest BCUT2D eigenvalue weighted by molar-refractivity contribution is 5.32. The van der Waals surface area contributed by atoms with Gasteiger partial charge in [0.15, 0.2) is 0 Å². The van der Waals surface area contributed by atoms with Crippen molar-refractivity contribution >= 4 is 0 Å². The summed E-state index contributed by atoms with van der Waals surface area (Å²) in [5.41, 5.74) is 2.89. The zero-order valence-electron chi connectivity index (χ0n) is 14.7. The summed E-state index contributed by atoms with van der Waals surface area (Å²) in [7, 11) is 2.08. The first-order valence-electron chi connectivity index (χ1n) is 8.49. The average Bonchev–Trinajstić information content (AvgIpc) is 2.94. The smallest absolute Gasteiger partial charge is 0.130 e. The van der Waals surface area contributed by atoms with Crippen molar-refractivity contribution in [3.63, 3.8) is 0 Å². The molecule has 4 nitrogen and oxygen atoms in total. The van der Waals surface area contributed by atoms with E-state index in [2.05, 4.69) is 71.9 Å². The Morgan fingerprint density at radius 2 is 1.74 bits per heavy atom. The molecule has 0 spiro atoms. The van der Waals surface area contributed by atoms with Crippen LogP contribution >= 0.6 is 0 Å². The van der Waals surface area contributed by atoms with Crippen LogP contribution in [-0.4, -0.2) is 40.6 Å². The molecular weight excluding hydrogens is 284 g/mol. The highest BCUT2D eigenvalue weighted by Crippen LogP contribution is 2.30. The lowest BCUT2D eigenvalue weighted by Crippen LogP contribution is -2.46. The fourth-order valence-corrected chi connectivity index (χ4v) is 3.27. The third-order valence-corrected chi connectivity index (χ3v) is 4.71. The Labute approximate surface area is 139 Å². The number of aryl methyl sites for hydroxylation is 1. The Kier molecular flexibility index (Phi) is 4.55. The van der Waals surface area contributed by atoms with Crippen LogP contribution in [0.25, 0.3) is 0 Å². The number of nitrogens with zero attached hydrogens (tertiary/aromatic N) is 3. The third-order valence-electron chi connectivity index (χ3n) is 4.71. The minimum Gasteiger partial charge on any atom is -0.336 e. The van der Waals surface area contributed by atoms with Gasteiger partial charge in [-0.05, 0) is 16.5 Å². The van der Waals surface area contributed by atoms with Crippen LogP contribution in [-0.2, 0) is 12.5 Å². The molecule has 1 aromatic heterocycles. The molecule has 0 aliphatic carbocycles. The van der Waals surface area contributed by atoms with Crippen molar-refractivity contribution in [3.8, 4) is 0 Å². The SMILES string of the molecule is Cn1ccnc1C(c1ccc(C(C)(C)C)cc1)N1CCNCC1. The van der Waals surface area contributed by atoms with Crippen molar-refractivity contribution in [2.75, 3.05) is 26.2 Å². The number of aromatic nitrogens is 2. The predicted molar refractivity (Wildman–Crippen MR) is 94.6 cm³/mol. The van der Waals surface area contributed by atoms with Gasteiger partial charge in [-0.2, -0.15) is 0 Å². The molecule has 4 heteroatoms. The van der Waals surface area contributed by atoms with E-state index in [0.29, 0.717) is 0 Å². The molecule has 0 saturated carbocycles. The number of rotatable bonds is 3. The molecule has 3 rings (SSSR count). The van der Waals surface area contributed by atoms with Crippen molar-refractivity contribution < 1.29 is 0 Å². The first-order valence-corrected chi connectivity index (χ1v) is 8.49. The number of hydrogen-bond acceptors (Lipinski definition) is 3. The minimum absolute atomic E-state index is 0.187. The molecule has 1 saturated heterocycles. The Morgan fingerprint density at radius 1 is 1.09 bits per heavy atom. The van der Waals surface area contributed by atoms with Crippen molar-refractivity contribution in [2.45, 2.75) is 32.2 Å². The van der Waals surface area contributed by atoms with E-state index in [9.17, 15) is 0 Å². The van der Waals surface area contributed by atoms with Gasteiger partial charge >= 0.3 is 0 Å². The lowest BCUT2D eigenvalue weighted by atomic mass is 9.86. The average molecular weight is 312 g/mol. The van der Waals surface area contributed by atoms with E-state index in [1.54, 1.807) is 0 Å². The monoisotopic (exact) mass is 312 g/mol. The minimum atomic E-state index is 0.187. The van der Waals surface area contributed by atoms with Gasteiger partial charge in [0, 0.05) is 45.6 Å². The Balaban J connectivity index is 1.96. The molecule has 0 radical (unpaired) electrons. The number of benzene rings is 1. The topological polar surface area (TPSA) is 33.1 Å². The van der Waals surface area contributed by atoms with E-state index in [-0.39, 0.29) is 11.5 Å². The molecule has 1 atom stereocenters. The molecule has 2 heterocycles. The molecule has 1 aliphatic rings. The van der Waals surface area contributed by atoms with E-state index < -0.39 is 0 Å². The van der Waals surface area contributed by atoms with Crippen LogP contribution in [0.15, 0.2) is 36.7 Å². The van der Waals surface area contributed by atoms with Crippen LogP contribution in [0.2, 0.25) is 0 Å². The van der Waals surface area contributed by atoms with Gasteiger partial charge in [-0.25, -0.2) is 4.98 Å². The van der Waals surface area contributed by atoms with Gasteiger partial charge in [0.25, 0.3) is 0 Å². The van der Waals surface area contributed by atoms with Crippen molar-refractivity contribution in [3.05, 3.63) is 53.6 Å². The summed E-state index contributed by atoms with van der Waals surface area (Å²) < 4.78 is 2.14. The summed E-state index contributed by atoms with van der Waals surface area (Å²) in [4.78, 5) is 7.17. The van der Waals surface area contributed by atoms with Crippen molar-refractivity contribution in [2.24, 2.45) is 7.05 Å². The number of nitrogens with one attached hydrogen (secondary N) is 1. The zero-order valence-corrected chi connectivity index (χ0v) is 14.7. The Morgan fingerprint density at radius 3 is 2.26 bits per heavy atom. The van der Waals surface area contributed by atoms with Crippen LogP contribution in [0.5, 0.6) is 0 Å². The molecule has 1 N–H and O–H groups in total. The highest BCUT2D eigenvalue weighted by Gasteiger charge is 2.27. The van der Waals surface area contributed by atoms with Crippen LogP contribution < -0.4 is 5.32 Å². The van der Waals surface area contributed by atoms with E-state index >= 15 is 0 Å². The van der Waals surface area contributed by atoms with E-state index in [1.165, 1.54) is 11.1 Å². The van der Waals surface area contributed by atoms with Gasteiger partial charge in [-0.1, -0.05) is 45.0 Å². The largest absolute Gasteiger partial charge is 0.336 e. The van der Waals surface area contributed by atoms with Crippen LogP contribution in [0.4, 0.5) is 0 Å². The maximum Gasteiger partial charge on any atom is 0.130 e. The Hall–Kier alpha value is -1.65. The maximum absolute atomic E-state index is 4.64. The number of imidazole rings is 1. The van der Waals surface area contributed by atoms with Gasteiger partial charge in [0.2, 0.25) is 0 Å². The molecule has 124 valence electrons. The highest BCUT2D eigenvalue weighted by atomic mass is 15.2. The molecule has 1 unspecified atom stereocenters. The van der Waals surface area contributed by atoms with Crippen molar-refractivity contribution in [1.29, 1.82) is 0 Å². The normalized spacial score (nSPS) is 18.1. The fourth-order valence-electron chi connectivity index (χ4n) is 3.27. The van der Waals surface area contributed by atoms with Crippen LogP contribution in [0.3, 0.4) is 0 Å². The molecule has 0 bridgehead atoms. The summed E-state index contributed by atoms with van der Waals surface area (Å²) in [6.07, 6.45) is 3.93. The summed E-state index contributed by atoms with van der Waals surface area (Å²) in [5, 5.41) is 3.44. The van der Waals surface area contributed by atoms with Gasteiger partial charge < -0.3 is 9.88 Å². The van der Waals surface area contributed by atoms with Gasteiger partial charge in [0.05, 0.1) is 6.04 Å². The first kappa shape index (κ1) is 16.2. The van der Waals surface area contributed by atoms with E-state index in [1.807, 2.05) is 12.4 Å². The first-order chi connectivity index (χ1) is 11.0. The predicted octanol–water partition coefficient (Wildman–Crippen LogP) is 2.71. The molecule has 1 aliphatic heterocycles. The summed E-state index contributed by atoms with van der Waals surface area (Å²) in [5.74, 6) is 1.12. The second-order valence-corrected chi connectivity index (χ2v) is 7.46. The summed E-state index contributed by atoms with van der Waals surface area (Å²) in [6.45, 7) is 11.0. The van der Waals surface area contributed by atoms with E-state index in [0.717, 1.165) is 32.0 Å². The molecule has 23 heavy (non-hydrogen) atoms. The second-order valence-electron chi connectivity index (χ2n) is 7.46. The number of hydrogen-bond donors (Lipinski definition) is 1. The third kappa shape index (κ3) is 3.48. The molecule has 2 aromatic rings. The van der Waals surface area contributed by atoms with Gasteiger partial charge in [-0.3, -0.25) is 4.90 Å². The lowest BCUT2D eigenvalue weighted by Gasteiger charge is -2.35. The van der Waals surface area contributed by atoms with E-state index in [4.69, 9.17) is 0 Å². The molecule has 1 aromatic carbocycles. The fraction of sp³-hybridized carbons (Fsp3) is 0.526. The maximum atomic E-state index is 4.64. The zero-order chi connectivity index (χ0) is 16.4. The lowest BCUT2D eigenvalue weighted by molar-refractivity contribution is 0.190. The molecule has 1 fully saturated rings. The van der Waals surface area contributed by atoms with Gasteiger partial charge in [0.1, 0.15) is 5.82 Å².